The normalized spacial score (nSPS) is 22.7. The van der Waals surface area contributed by atoms with Crippen molar-refractivity contribution < 1.29 is 9.18 Å². The summed E-state index contributed by atoms with van der Waals surface area (Å²) >= 11 is 0. The van der Waals surface area contributed by atoms with Crippen molar-refractivity contribution in [3.63, 3.8) is 0 Å². The van der Waals surface area contributed by atoms with Crippen LogP contribution in [-0.4, -0.2) is 41.4 Å². The lowest BCUT2D eigenvalue weighted by atomic mass is 9.86. The summed E-state index contributed by atoms with van der Waals surface area (Å²) in [5.74, 6) is 0.471. The zero-order valence-electron chi connectivity index (χ0n) is 15.6. The van der Waals surface area contributed by atoms with Gasteiger partial charge < -0.3 is 4.90 Å². The van der Waals surface area contributed by atoms with E-state index in [9.17, 15) is 14.4 Å². The molecule has 1 amide bonds. The Kier molecular flexibility index (Phi) is 6.26. The molecule has 2 aliphatic heterocycles. The predicted octanol–water partition coefficient (Wildman–Crippen LogP) is 3.70. The number of piperidine rings is 1. The summed E-state index contributed by atoms with van der Waals surface area (Å²) in [6.07, 6.45) is 6.79. The average Bonchev–Trinajstić information content (AvgIpc) is 2.89. The quantitative estimate of drug-likeness (QED) is 0.829. The van der Waals surface area contributed by atoms with Gasteiger partial charge >= 0.3 is 0 Å². The summed E-state index contributed by atoms with van der Waals surface area (Å²) in [4.78, 5) is 16.5. The highest BCUT2D eigenvalue weighted by molar-refractivity contribution is 5.73. The van der Waals surface area contributed by atoms with Crippen molar-refractivity contribution in [1.29, 1.82) is 5.26 Å². The maximum Gasteiger partial charge on any atom is 0.219 e. The van der Waals surface area contributed by atoms with Gasteiger partial charge in [0.05, 0.1) is 11.6 Å². The van der Waals surface area contributed by atoms with E-state index in [0.29, 0.717) is 24.1 Å². The van der Waals surface area contributed by atoms with Crippen LogP contribution in [-0.2, 0) is 11.3 Å². The first-order valence-corrected chi connectivity index (χ1v) is 9.76. The van der Waals surface area contributed by atoms with Gasteiger partial charge in [0, 0.05) is 26.1 Å². The minimum Gasteiger partial charge on any atom is -0.340 e. The maximum atomic E-state index is 13.5. The van der Waals surface area contributed by atoms with E-state index < -0.39 is 0 Å². The lowest BCUT2D eigenvalue weighted by molar-refractivity contribution is -0.132. The summed E-state index contributed by atoms with van der Waals surface area (Å²) in [5, 5.41) is 9.23. The van der Waals surface area contributed by atoms with Crippen molar-refractivity contribution in [2.45, 2.75) is 58.0 Å². The van der Waals surface area contributed by atoms with Gasteiger partial charge in [-0.05, 0) is 68.5 Å². The molecule has 2 aliphatic rings. The van der Waals surface area contributed by atoms with E-state index >= 15 is 0 Å². The molecule has 26 heavy (non-hydrogen) atoms. The number of nitrogens with zero attached hydrogens (tertiary/aromatic N) is 3. The topological polar surface area (TPSA) is 47.3 Å². The van der Waals surface area contributed by atoms with Crippen LogP contribution in [0.3, 0.4) is 0 Å². The van der Waals surface area contributed by atoms with Gasteiger partial charge in [0.1, 0.15) is 5.82 Å². The van der Waals surface area contributed by atoms with Crippen molar-refractivity contribution in [3.05, 3.63) is 35.1 Å². The van der Waals surface area contributed by atoms with Gasteiger partial charge in [0.15, 0.2) is 0 Å². The molecular formula is C21H28FN3O. The summed E-state index contributed by atoms with van der Waals surface area (Å²) in [7, 11) is 0. The molecule has 5 heteroatoms. The highest BCUT2D eigenvalue weighted by atomic mass is 19.1. The zero-order chi connectivity index (χ0) is 18.5. The summed E-state index contributed by atoms with van der Waals surface area (Å²) < 4.78 is 13.5. The van der Waals surface area contributed by atoms with Crippen LogP contribution in [0.4, 0.5) is 4.39 Å². The average molecular weight is 357 g/mol. The van der Waals surface area contributed by atoms with Crippen LogP contribution < -0.4 is 0 Å². The molecule has 0 aromatic heterocycles. The molecule has 1 aromatic rings. The van der Waals surface area contributed by atoms with Crippen LogP contribution in [0, 0.1) is 23.1 Å². The number of amides is 1. The molecule has 4 nitrogen and oxygen atoms in total. The lowest BCUT2D eigenvalue weighted by Gasteiger charge is -2.40. The number of hydrogen-bond donors (Lipinski definition) is 0. The number of halogens is 1. The van der Waals surface area contributed by atoms with E-state index in [0.717, 1.165) is 50.9 Å². The number of hydrogen-bond acceptors (Lipinski definition) is 3. The van der Waals surface area contributed by atoms with Gasteiger partial charge in [-0.25, -0.2) is 4.39 Å². The monoisotopic (exact) mass is 357 g/mol. The Hall–Kier alpha value is -1.93. The first kappa shape index (κ1) is 18.8. The van der Waals surface area contributed by atoms with Gasteiger partial charge in [-0.3, -0.25) is 9.69 Å². The van der Waals surface area contributed by atoms with Gasteiger partial charge in [0.25, 0.3) is 0 Å². The number of nitriles is 1. The van der Waals surface area contributed by atoms with E-state index in [1.807, 2.05) is 0 Å². The largest absolute Gasteiger partial charge is 0.340 e. The molecule has 2 fully saturated rings. The second-order valence-electron chi connectivity index (χ2n) is 7.66. The highest BCUT2D eigenvalue weighted by Gasteiger charge is 2.32. The molecule has 2 saturated heterocycles. The Bertz CT molecular complexity index is 676. The molecule has 0 N–H and O–H groups in total. The fourth-order valence-electron chi connectivity index (χ4n) is 4.55. The van der Waals surface area contributed by atoms with E-state index in [1.165, 1.54) is 25.0 Å². The van der Waals surface area contributed by atoms with Crippen molar-refractivity contribution in [2.75, 3.05) is 19.6 Å². The molecule has 0 aliphatic carbocycles. The van der Waals surface area contributed by atoms with E-state index in [4.69, 9.17) is 0 Å². The van der Waals surface area contributed by atoms with Crippen LogP contribution in [0.5, 0.6) is 0 Å². The second-order valence-corrected chi connectivity index (χ2v) is 7.66. The number of carbonyl (C=O) groups excluding carboxylic acids is 1. The Morgan fingerprint density at radius 1 is 1.19 bits per heavy atom. The number of carbonyl (C=O) groups is 1. The Morgan fingerprint density at radius 2 is 1.96 bits per heavy atom. The number of rotatable bonds is 3. The van der Waals surface area contributed by atoms with E-state index in [-0.39, 0.29) is 11.7 Å². The minimum atomic E-state index is -0.288. The summed E-state index contributed by atoms with van der Waals surface area (Å²) in [6, 6.07) is 6.92. The molecule has 1 atom stereocenters. The summed E-state index contributed by atoms with van der Waals surface area (Å²) in [5.41, 5.74) is 1.32. The minimum absolute atomic E-state index is 0.206. The third kappa shape index (κ3) is 4.42. The van der Waals surface area contributed by atoms with Crippen LogP contribution in [0.15, 0.2) is 18.2 Å². The van der Waals surface area contributed by atoms with E-state index in [2.05, 4.69) is 15.9 Å². The predicted molar refractivity (Wildman–Crippen MR) is 98.8 cm³/mol. The third-order valence-corrected chi connectivity index (χ3v) is 5.96. The molecule has 140 valence electrons. The molecule has 0 saturated carbocycles. The SMILES string of the molecule is CC(=O)N1CCCCCC1C1CCN(Cc2cc(F)ccc2C#N)CC1. The van der Waals surface area contributed by atoms with Crippen molar-refractivity contribution in [2.24, 2.45) is 5.92 Å². The maximum absolute atomic E-state index is 13.5. The fraction of sp³-hybridized carbons (Fsp3) is 0.619. The molecule has 1 aromatic carbocycles. The number of benzene rings is 1. The van der Waals surface area contributed by atoms with Crippen molar-refractivity contribution in [1.82, 2.24) is 9.80 Å². The zero-order valence-corrected chi connectivity index (χ0v) is 15.6. The molecule has 2 heterocycles. The Balaban J connectivity index is 1.61. The number of likely N-dealkylation sites (tertiary alicyclic amines) is 2. The Morgan fingerprint density at radius 3 is 2.65 bits per heavy atom. The second kappa shape index (κ2) is 8.64. The molecule has 1 unspecified atom stereocenters. The first-order valence-electron chi connectivity index (χ1n) is 9.76. The van der Waals surface area contributed by atoms with Crippen LogP contribution in [0.2, 0.25) is 0 Å². The highest BCUT2D eigenvalue weighted by Crippen LogP contribution is 2.30. The molecule has 3 rings (SSSR count). The summed E-state index contributed by atoms with van der Waals surface area (Å²) in [6.45, 7) is 5.09. The van der Waals surface area contributed by atoms with Gasteiger partial charge in [-0.1, -0.05) is 12.8 Å². The van der Waals surface area contributed by atoms with Crippen molar-refractivity contribution in [3.8, 4) is 6.07 Å². The van der Waals surface area contributed by atoms with Crippen molar-refractivity contribution >= 4 is 5.91 Å². The van der Waals surface area contributed by atoms with Gasteiger partial charge in [-0.2, -0.15) is 5.26 Å². The molecule has 0 radical (unpaired) electrons. The molecular weight excluding hydrogens is 329 g/mol. The standard InChI is InChI=1S/C21H28FN3O/c1-16(26)25-10-4-2-3-5-21(25)17-8-11-24(12-9-17)15-19-13-20(22)7-6-18(19)14-23/h6-7,13,17,21H,2-5,8-12,15H2,1H3. The van der Waals surface area contributed by atoms with Crippen LogP contribution in [0.25, 0.3) is 0 Å². The van der Waals surface area contributed by atoms with Gasteiger partial charge in [0.2, 0.25) is 5.91 Å². The Labute approximate surface area is 155 Å². The van der Waals surface area contributed by atoms with Crippen LogP contribution in [0.1, 0.15) is 56.6 Å². The van der Waals surface area contributed by atoms with Crippen LogP contribution >= 0.6 is 0 Å². The smallest absolute Gasteiger partial charge is 0.219 e. The lowest BCUT2D eigenvalue weighted by Crippen LogP contribution is -2.47. The third-order valence-electron chi connectivity index (χ3n) is 5.96. The van der Waals surface area contributed by atoms with Gasteiger partial charge in [-0.15, -0.1) is 0 Å². The van der Waals surface area contributed by atoms with E-state index in [1.54, 1.807) is 13.0 Å². The first-order chi connectivity index (χ1) is 12.6. The fourth-order valence-corrected chi connectivity index (χ4v) is 4.55. The molecule has 0 spiro atoms. The molecule has 0 bridgehead atoms.